The van der Waals surface area contributed by atoms with Gasteiger partial charge in [0.1, 0.15) is 5.76 Å². The lowest BCUT2D eigenvalue weighted by Gasteiger charge is -2.05. The predicted octanol–water partition coefficient (Wildman–Crippen LogP) is 3.10. The van der Waals surface area contributed by atoms with Crippen molar-refractivity contribution in [3.63, 3.8) is 0 Å². The van der Waals surface area contributed by atoms with Crippen LogP contribution in [0.2, 0.25) is 0 Å². The molecule has 0 aliphatic rings. The molecule has 2 aromatic rings. The lowest BCUT2D eigenvalue weighted by molar-refractivity contribution is 0.109. The molecule has 0 saturated heterocycles. The van der Waals surface area contributed by atoms with Crippen molar-refractivity contribution in [2.75, 3.05) is 0 Å². The van der Waals surface area contributed by atoms with Crippen molar-refractivity contribution in [2.24, 2.45) is 0 Å². The van der Waals surface area contributed by atoms with E-state index in [2.05, 4.69) is 9.97 Å². The molecule has 0 saturated carbocycles. The molecule has 2 rings (SSSR count). The molecular formula is C13H14N2O2S. The minimum absolute atomic E-state index is 0.350. The Hall–Kier alpha value is -1.62. The Balaban J connectivity index is 2.08. The number of hydrogen-bond acceptors (Lipinski definition) is 5. The van der Waals surface area contributed by atoms with Crippen LogP contribution in [0.4, 0.5) is 0 Å². The van der Waals surface area contributed by atoms with Crippen LogP contribution in [0.15, 0.2) is 21.7 Å². The summed E-state index contributed by atoms with van der Waals surface area (Å²) >= 11 is 1.50. The third-order valence-corrected chi connectivity index (χ3v) is 3.62. The number of thioether (sulfide) groups is 1. The Morgan fingerprint density at radius 1 is 1.22 bits per heavy atom. The van der Waals surface area contributed by atoms with Crippen LogP contribution < -0.4 is 0 Å². The van der Waals surface area contributed by atoms with Crippen LogP contribution in [0, 0.1) is 20.8 Å². The van der Waals surface area contributed by atoms with Crippen LogP contribution in [0.3, 0.4) is 0 Å². The summed E-state index contributed by atoms with van der Waals surface area (Å²) in [5, 5.41) is 0.736. The average molecular weight is 262 g/mol. The van der Waals surface area contributed by atoms with Gasteiger partial charge in [-0.25, -0.2) is 9.97 Å². The Kier molecular flexibility index (Phi) is 3.81. The van der Waals surface area contributed by atoms with Crippen LogP contribution >= 0.6 is 11.8 Å². The first-order chi connectivity index (χ1) is 8.60. The molecule has 0 aromatic carbocycles. The molecule has 0 spiro atoms. The third-order valence-electron chi connectivity index (χ3n) is 2.75. The highest BCUT2D eigenvalue weighted by molar-refractivity contribution is 7.98. The van der Waals surface area contributed by atoms with Crippen molar-refractivity contribution in [3.05, 3.63) is 40.6 Å². The average Bonchev–Trinajstić information content (AvgIpc) is 2.81. The van der Waals surface area contributed by atoms with E-state index in [0.717, 1.165) is 27.9 Å². The van der Waals surface area contributed by atoms with E-state index in [1.807, 2.05) is 20.8 Å². The highest BCUT2D eigenvalue weighted by atomic mass is 32.2. The fourth-order valence-corrected chi connectivity index (χ4v) is 2.31. The summed E-state index contributed by atoms with van der Waals surface area (Å²) in [6.07, 6.45) is 0.699. The van der Waals surface area contributed by atoms with E-state index in [-0.39, 0.29) is 0 Å². The third kappa shape index (κ3) is 2.79. The van der Waals surface area contributed by atoms with Gasteiger partial charge in [-0.2, -0.15) is 0 Å². The molecule has 0 bridgehead atoms. The smallest absolute Gasteiger partial charge is 0.188 e. The van der Waals surface area contributed by atoms with Gasteiger partial charge in [-0.15, -0.1) is 0 Å². The van der Waals surface area contributed by atoms with Crippen LogP contribution in [-0.4, -0.2) is 16.3 Å². The number of rotatable bonds is 4. The SMILES string of the molecule is Cc1nc(SCc2ccc(C=O)o2)nc(C)c1C. The molecule has 0 fully saturated rings. The monoisotopic (exact) mass is 262 g/mol. The maximum absolute atomic E-state index is 10.5. The largest absolute Gasteiger partial charge is 0.457 e. The standard InChI is InChI=1S/C13H14N2O2S/c1-8-9(2)14-13(15-10(8)3)18-7-12-5-4-11(6-16)17-12/h4-6H,7H2,1-3H3. The highest BCUT2D eigenvalue weighted by Gasteiger charge is 2.07. The van der Waals surface area contributed by atoms with Gasteiger partial charge in [-0.05, 0) is 38.5 Å². The Morgan fingerprint density at radius 2 is 1.89 bits per heavy atom. The molecule has 0 amide bonds. The molecule has 0 unspecified atom stereocenters. The van der Waals surface area contributed by atoms with Crippen LogP contribution in [0.1, 0.15) is 33.3 Å². The Labute approximate surface area is 110 Å². The van der Waals surface area contributed by atoms with Gasteiger partial charge < -0.3 is 4.42 Å². The Bertz CT molecular complexity index is 555. The summed E-state index contributed by atoms with van der Waals surface area (Å²) in [6, 6.07) is 3.46. The number of hydrogen-bond donors (Lipinski definition) is 0. The van der Waals surface area contributed by atoms with Gasteiger partial charge >= 0.3 is 0 Å². The normalized spacial score (nSPS) is 10.6. The number of aryl methyl sites for hydroxylation is 2. The van der Waals surface area contributed by atoms with E-state index in [1.54, 1.807) is 12.1 Å². The lowest BCUT2D eigenvalue weighted by atomic mass is 10.2. The van der Waals surface area contributed by atoms with Gasteiger partial charge in [0.25, 0.3) is 0 Å². The fraction of sp³-hybridized carbons (Fsp3) is 0.308. The fourth-order valence-electron chi connectivity index (χ4n) is 1.48. The van der Waals surface area contributed by atoms with Gasteiger partial charge in [0.05, 0.1) is 5.75 Å². The van der Waals surface area contributed by atoms with Gasteiger partial charge in [0.2, 0.25) is 0 Å². The topological polar surface area (TPSA) is 56.0 Å². The summed E-state index contributed by atoms with van der Waals surface area (Å²) in [6.45, 7) is 5.97. The first kappa shape index (κ1) is 12.8. The maximum Gasteiger partial charge on any atom is 0.188 e. The quantitative estimate of drug-likeness (QED) is 0.481. The van der Waals surface area contributed by atoms with Crippen molar-refractivity contribution < 1.29 is 9.21 Å². The number of aromatic nitrogens is 2. The van der Waals surface area contributed by atoms with Crippen molar-refractivity contribution in [1.29, 1.82) is 0 Å². The number of carbonyl (C=O) groups is 1. The van der Waals surface area contributed by atoms with E-state index in [0.29, 0.717) is 17.8 Å². The van der Waals surface area contributed by atoms with E-state index >= 15 is 0 Å². The number of carbonyl (C=O) groups excluding carboxylic acids is 1. The number of furan rings is 1. The number of aldehydes is 1. The van der Waals surface area contributed by atoms with E-state index in [1.165, 1.54) is 11.8 Å². The first-order valence-electron chi connectivity index (χ1n) is 5.58. The highest BCUT2D eigenvalue weighted by Crippen LogP contribution is 2.22. The molecule has 2 heterocycles. The molecule has 5 heteroatoms. The van der Waals surface area contributed by atoms with Crippen molar-refractivity contribution in [3.8, 4) is 0 Å². The molecule has 0 atom stereocenters. The van der Waals surface area contributed by atoms with Crippen molar-refractivity contribution >= 4 is 18.0 Å². The number of nitrogens with zero attached hydrogens (tertiary/aromatic N) is 2. The molecule has 0 radical (unpaired) electrons. The molecule has 2 aromatic heterocycles. The summed E-state index contributed by atoms with van der Waals surface area (Å²) in [5.74, 6) is 1.72. The second-order valence-electron chi connectivity index (χ2n) is 4.01. The minimum Gasteiger partial charge on any atom is -0.457 e. The Morgan fingerprint density at radius 3 is 2.44 bits per heavy atom. The lowest BCUT2D eigenvalue weighted by Crippen LogP contribution is -1.98. The van der Waals surface area contributed by atoms with Gasteiger partial charge in [-0.1, -0.05) is 11.8 Å². The maximum atomic E-state index is 10.5. The summed E-state index contributed by atoms with van der Waals surface area (Å²) in [7, 11) is 0. The molecule has 0 N–H and O–H groups in total. The summed E-state index contributed by atoms with van der Waals surface area (Å²) < 4.78 is 5.29. The zero-order valence-electron chi connectivity index (χ0n) is 10.6. The summed E-state index contributed by atoms with van der Waals surface area (Å²) in [4.78, 5) is 19.3. The molecule has 94 valence electrons. The van der Waals surface area contributed by atoms with Crippen molar-refractivity contribution in [2.45, 2.75) is 31.7 Å². The summed E-state index contributed by atoms with van der Waals surface area (Å²) in [5.41, 5.74) is 3.12. The van der Waals surface area contributed by atoms with Crippen LogP contribution in [-0.2, 0) is 5.75 Å². The van der Waals surface area contributed by atoms with Gasteiger partial charge in [-0.3, -0.25) is 4.79 Å². The molecular weight excluding hydrogens is 248 g/mol. The zero-order chi connectivity index (χ0) is 13.1. The molecule has 0 aliphatic carbocycles. The molecule has 4 nitrogen and oxygen atoms in total. The van der Waals surface area contributed by atoms with Gasteiger partial charge in [0.15, 0.2) is 17.2 Å². The predicted molar refractivity (Wildman–Crippen MR) is 69.9 cm³/mol. The zero-order valence-corrected chi connectivity index (χ0v) is 11.4. The van der Waals surface area contributed by atoms with E-state index in [4.69, 9.17) is 4.42 Å². The first-order valence-corrected chi connectivity index (χ1v) is 6.57. The van der Waals surface area contributed by atoms with Gasteiger partial charge in [0, 0.05) is 11.4 Å². The second-order valence-corrected chi connectivity index (χ2v) is 4.96. The molecule has 0 aliphatic heterocycles. The van der Waals surface area contributed by atoms with Crippen LogP contribution in [0.25, 0.3) is 0 Å². The van der Waals surface area contributed by atoms with Crippen LogP contribution in [0.5, 0.6) is 0 Å². The van der Waals surface area contributed by atoms with E-state index in [9.17, 15) is 4.79 Å². The van der Waals surface area contributed by atoms with E-state index < -0.39 is 0 Å². The second kappa shape index (κ2) is 5.35. The van der Waals surface area contributed by atoms with Crippen molar-refractivity contribution in [1.82, 2.24) is 9.97 Å². The molecule has 18 heavy (non-hydrogen) atoms. The minimum atomic E-state index is 0.350.